The molecule has 0 aliphatic rings. The molecule has 0 saturated heterocycles. The summed E-state index contributed by atoms with van der Waals surface area (Å²) in [5, 5.41) is 10.1. The first-order valence-corrected chi connectivity index (χ1v) is 6.40. The van der Waals surface area contributed by atoms with Gasteiger partial charge >= 0.3 is 0 Å². The Morgan fingerprint density at radius 1 is 1.24 bits per heavy atom. The van der Waals surface area contributed by atoms with Gasteiger partial charge in [-0.25, -0.2) is 0 Å². The summed E-state index contributed by atoms with van der Waals surface area (Å²) >= 11 is 0. The quantitative estimate of drug-likeness (QED) is 0.605. The number of unbranched alkanes of at least 4 members (excludes halogenated alkanes) is 2. The van der Waals surface area contributed by atoms with Gasteiger partial charge in [0.25, 0.3) is 0 Å². The predicted molar refractivity (Wildman–Crippen MR) is 72.7 cm³/mol. The van der Waals surface area contributed by atoms with Crippen molar-refractivity contribution in [2.45, 2.75) is 51.6 Å². The van der Waals surface area contributed by atoms with Crippen molar-refractivity contribution in [2.24, 2.45) is 0 Å². The molecule has 0 radical (unpaired) electrons. The number of benzene rings is 1. The van der Waals surface area contributed by atoms with E-state index in [-0.39, 0.29) is 0 Å². The molecule has 0 aromatic heterocycles. The highest BCUT2D eigenvalue weighted by molar-refractivity contribution is 5.17. The number of aryl methyl sites for hydroxylation is 1. The zero-order chi connectivity index (χ0) is 12.6. The van der Waals surface area contributed by atoms with E-state index >= 15 is 0 Å². The van der Waals surface area contributed by atoms with Crippen LogP contribution in [0.2, 0.25) is 0 Å². The summed E-state index contributed by atoms with van der Waals surface area (Å²) in [6, 6.07) is 10.2. The standard InChI is InChI=1S/C16H22O/c1-3-4-5-9-13-16(2,17)14-12-15-10-7-6-8-11-15/h6-8,10-11,17H,3-5,12,14H2,1-2H3. The van der Waals surface area contributed by atoms with Crippen LogP contribution in [0, 0.1) is 11.8 Å². The summed E-state index contributed by atoms with van der Waals surface area (Å²) in [5.74, 6) is 6.03. The SMILES string of the molecule is CCCCC#CC(C)(O)CCc1ccccc1. The number of rotatable bonds is 5. The van der Waals surface area contributed by atoms with Gasteiger partial charge in [0.1, 0.15) is 5.60 Å². The van der Waals surface area contributed by atoms with Crippen LogP contribution in [-0.2, 0) is 6.42 Å². The van der Waals surface area contributed by atoms with Crippen LogP contribution in [0.1, 0.15) is 45.1 Å². The van der Waals surface area contributed by atoms with Gasteiger partial charge in [-0.05, 0) is 31.7 Å². The second-order valence-corrected chi connectivity index (χ2v) is 4.66. The molecule has 1 aromatic rings. The highest BCUT2D eigenvalue weighted by Crippen LogP contribution is 2.13. The van der Waals surface area contributed by atoms with E-state index in [2.05, 4.69) is 30.9 Å². The van der Waals surface area contributed by atoms with E-state index in [1.54, 1.807) is 6.92 Å². The van der Waals surface area contributed by atoms with Crippen LogP contribution in [0.3, 0.4) is 0 Å². The molecule has 0 heterocycles. The van der Waals surface area contributed by atoms with E-state index in [9.17, 15) is 5.11 Å². The molecule has 1 aromatic carbocycles. The molecule has 17 heavy (non-hydrogen) atoms. The van der Waals surface area contributed by atoms with Crippen molar-refractivity contribution in [3.63, 3.8) is 0 Å². The molecule has 1 N–H and O–H groups in total. The average molecular weight is 230 g/mol. The second-order valence-electron chi connectivity index (χ2n) is 4.66. The third-order valence-electron chi connectivity index (χ3n) is 2.76. The average Bonchev–Trinajstić information content (AvgIpc) is 2.34. The molecule has 0 aliphatic carbocycles. The lowest BCUT2D eigenvalue weighted by atomic mass is 9.97. The Balaban J connectivity index is 2.40. The maximum absolute atomic E-state index is 10.1. The van der Waals surface area contributed by atoms with Crippen LogP contribution in [0.5, 0.6) is 0 Å². The smallest absolute Gasteiger partial charge is 0.123 e. The molecule has 1 unspecified atom stereocenters. The highest BCUT2D eigenvalue weighted by Gasteiger charge is 2.16. The maximum atomic E-state index is 10.1. The van der Waals surface area contributed by atoms with Crippen LogP contribution in [0.4, 0.5) is 0 Å². The summed E-state index contributed by atoms with van der Waals surface area (Å²) in [5.41, 5.74) is 0.395. The molecule has 92 valence electrons. The number of hydrogen-bond donors (Lipinski definition) is 1. The molecular formula is C16H22O. The minimum absolute atomic E-state index is 0.691. The van der Waals surface area contributed by atoms with Crippen LogP contribution in [0.25, 0.3) is 0 Å². The lowest BCUT2D eigenvalue weighted by molar-refractivity contribution is 0.112. The van der Waals surface area contributed by atoms with Crippen molar-refractivity contribution in [1.82, 2.24) is 0 Å². The first-order chi connectivity index (χ1) is 8.14. The molecule has 1 atom stereocenters. The van der Waals surface area contributed by atoms with Gasteiger partial charge in [-0.15, -0.1) is 5.92 Å². The van der Waals surface area contributed by atoms with E-state index in [0.29, 0.717) is 6.42 Å². The summed E-state index contributed by atoms with van der Waals surface area (Å²) < 4.78 is 0. The molecule has 0 bridgehead atoms. The van der Waals surface area contributed by atoms with E-state index < -0.39 is 5.60 Å². The van der Waals surface area contributed by atoms with E-state index in [4.69, 9.17) is 0 Å². The van der Waals surface area contributed by atoms with Gasteiger partial charge in [0, 0.05) is 6.42 Å². The highest BCUT2D eigenvalue weighted by atomic mass is 16.3. The summed E-state index contributed by atoms with van der Waals surface area (Å²) in [6.07, 6.45) is 4.72. The lowest BCUT2D eigenvalue weighted by Gasteiger charge is -2.16. The van der Waals surface area contributed by atoms with Crippen molar-refractivity contribution in [3.8, 4) is 11.8 Å². The minimum Gasteiger partial charge on any atom is -0.378 e. The van der Waals surface area contributed by atoms with E-state index in [1.807, 2.05) is 18.2 Å². The Kier molecular flexibility index (Phi) is 5.80. The van der Waals surface area contributed by atoms with E-state index in [1.165, 1.54) is 5.56 Å². The molecule has 1 rings (SSSR count). The third-order valence-corrected chi connectivity index (χ3v) is 2.76. The zero-order valence-electron chi connectivity index (χ0n) is 10.9. The molecule has 0 saturated carbocycles. The van der Waals surface area contributed by atoms with Gasteiger partial charge < -0.3 is 5.11 Å². The third kappa shape index (κ3) is 6.14. The van der Waals surface area contributed by atoms with Crippen molar-refractivity contribution in [1.29, 1.82) is 0 Å². The minimum atomic E-state index is -0.858. The topological polar surface area (TPSA) is 20.2 Å². The Labute approximate surface area is 105 Å². The molecule has 0 aliphatic heterocycles. The van der Waals surface area contributed by atoms with Crippen LogP contribution >= 0.6 is 0 Å². The monoisotopic (exact) mass is 230 g/mol. The molecule has 0 amide bonds. The Morgan fingerprint density at radius 2 is 1.94 bits per heavy atom. The Morgan fingerprint density at radius 3 is 2.59 bits per heavy atom. The predicted octanol–water partition coefficient (Wildman–Crippen LogP) is 3.56. The van der Waals surface area contributed by atoms with Crippen LogP contribution in [-0.4, -0.2) is 10.7 Å². The Bertz CT molecular complexity index is 368. The van der Waals surface area contributed by atoms with Crippen LogP contribution < -0.4 is 0 Å². The van der Waals surface area contributed by atoms with Crippen molar-refractivity contribution in [3.05, 3.63) is 35.9 Å². The Hall–Kier alpha value is -1.26. The van der Waals surface area contributed by atoms with Crippen LogP contribution in [0.15, 0.2) is 30.3 Å². The molecule has 0 fully saturated rings. The molecular weight excluding hydrogens is 208 g/mol. The fourth-order valence-corrected chi connectivity index (χ4v) is 1.61. The normalized spacial score (nSPS) is 13.6. The summed E-state index contributed by atoms with van der Waals surface area (Å²) in [7, 11) is 0. The summed E-state index contributed by atoms with van der Waals surface area (Å²) in [6.45, 7) is 3.95. The van der Waals surface area contributed by atoms with Crippen molar-refractivity contribution in [2.75, 3.05) is 0 Å². The molecule has 1 nitrogen and oxygen atoms in total. The van der Waals surface area contributed by atoms with E-state index in [0.717, 1.165) is 25.7 Å². The van der Waals surface area contributed by atoms with Gasteiger partial charge in [-0.2, -0.15) is 0 Å². The molecule has 0 spiro atoms. The lowest BCUT2D eigenvalue weighted by Crippen LogP contribution is -2.22. The summed E-state index contributed by atoms with van der Waals surface area (Å²) in [4.78, 5) is 0. The van der Waals surface area contributed by atoms with Gasteiger partial charge in [0.05, 0.1) is 0 Å². The fourth-order valence-electron chi connectivity index (χ4n) is 1.61. The fraction of sp³-hybridized carbons (Fsp3) is 0.500. The maximum Gasteiger partial charge on any atom is 0.123 e. The first-order valence-electron chi connectivity index (χ1n) is 6.40. The van der Waals surface area contributed by atoms with Gasteiger partial charge in [0.2, 0.25) is 0 Å². The second kappa shape index (κ2) is 7.14. The zero-order valence-corrected chi connectivity index (χ0v) is 10.9. The van der Waals surface area contributed by atoms with Gasteiger partial charge in [0.15, 0.2) is 0 Å². The van der Waals surface area contributed by atoms with Crippen molar-refractivity contribution >= 4 is 0 Å². The van der Waals surface area contributed by atoms with Gasteiger partial charge in [-0.3, -0.25) is 0 Å². The van der Waals surface area contributed by atoms with Gasteiger partial charge in [-0.1, -0.05) is 49.6 Å². The first kappa shape index (κ1) is 13.8. The number of aliphatic hydroxyl groups is 1. The van der Waals surface area contributed by atoms with Crippen molar-refractivity contribution < 1.29 is 5.11 Å². The molecule has 1 heteroatoms. The number of hydrogen-bond acceptors (Lipinski definition) is 1. The largest absolute Gasteiger partial charge is 0.378 e.